The predicted octanol–water partition coefficient (Wildman–Crippen LogP) is 2.64. The second-order valence-electron chi connectivity index (χ2n) is 4.42. The average Bonchev–Trinajstić information content (AvgIpc) is 2.24. The molecule has 3 heteroatoms. The number of hydrogen-bond acceptors (Lipinski definition) is 3. The molecule has 1 N–H and O–H groups in total. The zero-order chi connectivity index (χ0) is 13.0. The molecule has 1 heterocycles. The van der Waals surface area contributed by atoms with Crippen LogP contribution in [0.15, 0.2) is 6.07 Å². The van der Waals surface area contributed by atoms with Gasteiger partial charge in [0.1, 0.15) is 6.07 Å². The van der Waals surface area contributed by atoms with Crippen molar-refractivity contribution in [2.45, 2.75) is 33.7 Å². The normalized spacial score (nSPS) is 11.7. The molecule has 1 rings (SSSR count). The number of terminal acetylenes is 1. The average molecular weight is 227 g/mol. The lowest BCUT2D eigenvalue weighted by Crippen LogP contribution is -2.24. The van der Waals surface area contributed by atoms with Crippen LogP contribution in [0.1, 0.15) is 30.8 Å². The van der Waals surface area contributed by atoms with Crippen LogP contribution in [0, 0.1) is 43.4 Å². The fourth-order valence-electron chi connectivity index (χ4n) is 1.65. The standard InChI is InChI=1S/C14H17N3/c1-6-13(9(2)3)17-14-7-10(4)16-11(5)12(14)8-15/h1,7,9,13H,2-5H3,(H,16,17). The van der Waals surface area contributed by atoms with Crippen molar-refractivity contribution in [3.8, 4) is 18.4 Å². The minimum Gasteiger partial charge on any atom is -0.370 e. The lowest BCUT2D eigenvalue weighted by atomic mass is 10.0. The first-order chi connectivity index (χ1) is 7.99. The Labute approximate surface area is 103 Å². The summed E-state index contributed by atoms with van der Waals surface area (Å²) in [6, 6.07) is 3.94. The maximum atomic E-state index is 9.13. The minimum atomic E-state index is -0.0803. The van der Waals surface area contributed by atoms with E-state index in [9.17, 15) is 0 Å². The van der Waals surface area contributed by atoms with Gasteiger partial charge in [-0.15, -0.1) is 6.42 Å². The molecular weight excluding hydrogens is 210 g/mol. The first kappa shape index (κ1) is 13.1. The Kier molecular flexibility index (Phi) is 4.12. The molecule has 0 saturated heterocycles. The monoisotopic (exact) mass is 227 g/mol. The first-order valence-corrected chi connectivity index (χ1v) is 5.60. The van der Waals surface area contributed by atoms with Gasteiger partial charge in [0, 0.05) is 5.69 Å². The van der Waals surface area contributed by atoms with Gasteiger partial charge in [0.2, 0.25) is 0 Å². The Morgan fingerprint density at radius 3 is 2.53 bits per heavy atom. The smallest absolute Gasteiger partial charge is 0.103 e. The van der Waals surface area contributed by atoms with E-state index in [4.69, 9.17) is 11.7 Å². The third-order valence-electron chi connectivity index (χ3n) is 2.60. The molecule has 0 fully saturated rings. The summed E-state index contributed by atoms with van der Waals surface area (Å²) < 4.78 is 0. The van der Waals surface area contributed by atoms with E-state index in [2.05, 4.69) is 22.3 Å². The summed E-state index contributed by atoms with van der Waals surface area (Å²) >= 11 is 0. The fourth-order valence-corrected chi connectivity index (χ4v) is 1.65. The van der Waals surface area contributed by atoms with E-state index in [1.165, 1.54) is 0 Å². The highest BCUT2D eigenvalue weighted by Crippen LogP contribution is 2.20. The van der Waals surface area contributed by atoms with E-state index in [-0.39, 0.29) is 6.04 Å². The van der Waals surface area contributed by atoms with Crippen molar-refractivity contribution in [3.05, 3.63) is 23.0 Å². The second kappa shape index (κ2) is 5.37. The van der Waals surface area contributed by atoms with Gasteiger partial charge in [0.25, 0.3) is 0 Å². The quantitative estimate of drug-likeness (QED) is 0.807. The molecule has 1 unspecified atom stereocenters. The second-order valence-corrected chi connectivity index (χ2v) is 4.42. The van der Waals surface area contributed by atoms with Crippen molar-refractivity contribution in [1.82, 2.24) is 4.98 Å². The van der Waals surface area contributed by atoms with Crippen LogP contribution < -0.4 is 5.32 Å². The van der Waals surface area contributed by atoms with Gasteiger partial charge in [-0.3, -0.25) is 4.98 Å². The molecule has 0 bridgehead atoms. The van der Waals surface area contributed by atoms with Gasteiger partial charge in [0.05, 0.1) is 23.0 Å². The van der Waals surface area contributed by atoms with Crippen molar-refractivity contribution >= 4 is 5.69 Å². The molecule has 88 valence electrons. The molecule has 1 aromatic heterocycles. The molecule has 0 saturated carbocycles. The molecule has 1 aromatic rings. The topological polar surface area (TPSA) is 48.7 Å². The van der Waals surface area contributed by atoms with Crippen molar-refractivity contribution in [1.29, 1.82) is 5.26 Å². The summed E-state index contributed by atoms with van der Waals surface area (Å²) in [4.78, 5) is 4.27. The highest BCUT2D eigenvalue weighted by atomic mass is 14.9. The van der Waals surface area contributed by atoms with Crippen LogP contribution in [0.25, 0.3) is 0 Å². The Morgan fingerprint density at radius 1 is 1.41 bits per heavy atom. The van der Waals surface area contributed by atoms with Gasteiger partial charge in [-0.05, 0) is 25.8 Å². The molecule has 0 aliphatic carbocycles. The van der Waals surface area contributed by atoms with Gasteiger partial charge in [-0.1, -0.05) is 19.8 Å². The van der Waals surface area contributed by atoms with E-state index >= 15 is 0 Å². The SMILES string of the molecule is C#CC(Nc1cc(C)nc(C)c1C#N)C(C)C. The first-order valence-electron chi connectivity index (χ1n) is 5.60. The summed E-state index contributed by atoms with van der Waals surface area (Å²) in [7, 11) is 0. The summed E-state index contributed by atoms with van der Waals surface area (Å²) in [5.41, 5.74) is 2.95. The summed E-state index contributed by atoms with van der Waals surface area (Å²) in [5.74, 6) is 3.01. The number of nitriles is 1. The van der Waals surface area contributed by atoms with Crippen molar-refractivity contribution in [2.75, 3.05) is 5.32 Å². The number of aromatic nitrogens is 1. The fraction of sp³-hybridized carbons (Fsp3) is 0.429. The Morgan fingerprint density at radius 2 is 2.06 bits per heavy atom. The minimum absolute atomic E-state index is 0.0803. The van der Waals surface area contributed by atoms with Crippen LogP contribution in [0.5, 0.6) is 0 Å². The van der Waals surface area contributed by atoms with Crippen molar-refractivity contribution in [2.24, 2.45) is 5.92 Å². The van der Waals surface area contributed by atoms with E-state index < -0.39 is 0 Å². The predicted molar refractivity (Wildman–Crippen MR) is 69.5 cm³/mol. The van der Waals surface area contributed by atoms with Gasteiger partial charge < -0.3 is 5.32 Å². The van der Waals surface area contributed by atoms with E-state index in [0.29, 0.717) is 11.5 Å². The van der Waals surface area contributed by atoms with Crippen LogP contribution in [0.4, 0.5) is 5.69 Å². The van der Waals surface area contributed by atoms with Crippen LogP contribution >= 0.6 is 0 Å². The maximum Gasteiger partial charge on any atom is 0.103 e. The molecule has 17 heavy (non-hydrogen) atoms. The molecule has 0 aliphatic heterocycles. The summed E-state index contributed by atoms with van der Waals surface area (Å²) in [5, 5.41) is 12.4. The molecule has 0 spiro atoms. The van der Waals surface area contributed by atoms with Crippen LogP contribution in [-0.2, 0) is 0 Å². The van der Waals surface area contributed by atoms with E-state index in [1.54, 1.807) is 0 Å². The number of pyridine rings is 1. The highest BCUT2D eigenvalue weighted by Gasteiger charge is 2.14. The van der Waals surface area contributed by atoms with E-state index in [0.717, 1.165) is 17.1 Å². The third kappa shape index (κ3) is 2.98. The number of nitrogens with zero attached hydrogens (tertiary/aromatic N) is 2. The van der Waals surface area contributed by atoms with Crippen LogP contribution in [0.3, 0.4) is 0 Å². The molecule has 0 radical (unpaired) electrons. The Bertz CT molecular complexity index is 489. The molecular formula is C14H17N3. The van der Waals surface area contributed by atoms with Gasteiger partial charge in [0.15, 0.2) is 0 Å². The van der Waals surface area contributed by atoms with Gasteiger partial charge in [-0.2, -0.15) is 5.26 Å². The number of rotatable bonds is 3. The zero-order valence-corrected chi connectivity index (χ0v) is 10.7. The largest absolute Gasteiger partial charge is 0.370 e. The zero-order valence-electron chi connectivity index (χ0n) is 10.7. The third-order valence-corrected chi connectivity index (χ3v) is 2.60. The lowest BCUT2D eigenvalue weighted by molar-refractivity contribution is 0.614. The Balaban J connectivity index is 3.15. The van der Waals surface area contributed by atoms with Crippen molar-refractivity contribution < 1.29 is 0 Å². The molecule has 0 amide bonds. The van der Waals surface area contributed by atoms with Gasteiger partial charge >= 0.3 is 0 Å². The molecule has 0 aromatic carbocycles. The molecule has 1 atom stereocenters. The number of aryl methyl sites for hydroxylation is 2. The Hall–Kier alpha value is -2.00. The maximum absolute atomic E-state index is 9.13. The highest BCUT2D eigenvalue weighted by molar-refractivity contribution is 5.61. The molecule has 0 aliphatic rings. The summed E-state index contributed by atoms with van der Waals surface area (Å²) in [6.07, 6.45) is 5.48. The van der Waals surface area contributed by atoms with Crippen LogP contribution in [0.2, 0.25) is 0 Å². The molecule has 3 nitrogen and oxygen atoms in total. The number of anilines is 1. The lowest BCUT2D eigenvalue weighted by Gasteiger charge is -2.19. The number of nitrogens with one attached hydrogen (secondary N) is 1. The van der Waals surface area contributed by atoms with E-state index in [1.807, 2.05) is 33.8 Å². The number of hydrogen-bond donors (Lipinski definition) is 1. The van der Waals surface area contributed by atoms with Gasteiger partial charge in [-0.25, -0.2) is 0 Å². The van der Waals surface area contributed by atoms with Crippen LogP contribution in [-0.4, -0.2) is 11.0 Å². The van der Waals surface area contributed by atoms with Crippen molar-refractivity contribution in [3.63, 3.8) is 0 Å². The summed E-state index contributed by atoms with van der Waals surface area (Å²) in [6.45, 7) is 7.82.